The minimum atomic E-state index is -1.82. The first-order valence-corrected chi connectivity index (χ1v) is 13.3. The monoisotopic (exact) mass is 565 g/mol. The second-order valence-corrected chi connectivity index (χ2v) is 9.92. The minimum absolute atomic E-state index is 0.194. The Hall–Kier alpha value is -3.58. The number of amides is 1. The number of nitrogens with zero attached hydrogens (tertiary/aromatic N) is 4. The van der Waals surface area contributed by atoms with E-state index in [0.29, 0.717) is 53.1 Å². The van der Waals surface area contributed by atoms with E-state index in [0.717, 1.165) is 63.8 Å². The zero-order valence-corrected chi connectivity index (χ0v) is 22.4. The summed E-state index contributed by atoms with van der Waals surface area (Å²) in [6.07, 6.45) is 4.44. The maximum Gasteiger partial charge on any atom is 0.414 e. The molecule has 1 aromatic carbocycles. The molecule has 0 saturated carbocycles. The van der Waals surface area contributed by atoms with E-state index in [-0.39, 0.29) is 12.0 Å². The lowest BCUT2D eigenvalue weighted by Crippen LogP contribution is -2.48. The molecule has 4 heterocycles. The van der Waals surface area contributed by atoms with Crippen molar-refractivity contribution in [1.29, 1.82) is 0 Å². The first-order valence-electron chi connectivity index (χ1n) is 12.9. The number of likely N-dealkylation sites (tertiary alicyclic amines) is 2. The summed E-state index contributed by atoms with van der Waals surface area (Å²) in [5.41, 5.74) is 8.30. The molecule has 0 bridgehead atoms. The lowest BCUT2D eigenvalue weighted by molar-refractivity contribution is -0.159. The van der Waals surface area contributed by atoms with Crippen molar-refractivity contribution in [2.75, 3.05) is 45.1 Å². The Morgan fingerprint density at radius 1 is 1.10 bits per heavy atom. The van der Waals surface area contributed by atoms with Crippen LogP contribution >= 0.6 is 11.6 Å². The summed E-state index contributed by atoms with van der Waals surface area (Å²) < 4.78 is 17.0. The molecule has 1 amide bonds. The number of benzene rings is 1. The smallest absolute Gasteiger partial charge is 0.414 e. The highest BCUT2D eigenvalue weighted by Gasteiger charge is 2.33. The van der Waals surface area contributed by atoms with Gasteiger partial charge in [0.2, 0.25) is 5.89 Å². The predicted molar refractivity (Wildman–Crippen MR) is 139 cm³/mol. The summed E-state index contributed by atoms with van der Waals surface area (Å²) >= 11 is 6.33. The van der Waals surface area contributed by atoms with Gasteiger partial charge in [-0.05, 0) is 51.8 Å². The Morgan fingerprint density at radius 3 is 2.38 bits per heavy atom. The fraction of sp³-hybridized carbons (Fsp3) is 0.560. The van der Waals surface area contributed by atoms with Crippen LogP contribution in [-0.4, -0.2) is 93.7 Å². The van der Waals surface area contributed by atoms with E-state index in [1.807, 2.05) is 11.8 Å². The predicted octanol–water partition coefficient (Wildman–Crippen LogP) is 2.86. The van der Waals surface area contributed by atoms with Gasteiger partial charge in [0.25, 0.3) is 5.89 Å². The molecule has 2 saturated heterocycles. The number of hydrogen-bond donors (Lipinski definition) is 3. The van der Waals surface area contributed by atoms with Gasteiger partial charge in [-0.2, -0.15) is 0 Å². The number of fused-ring (bicyclic) bond motifs is 1. The van der Waals surface area contributed by atoms with Crippen LogP contribution in [0.3, 0.4) is 0 Å². The van der Waals surface area contributed by atoms with Crippen molar-refractivity contribution >= 4 is 35.3 Å². The number of halogens is 1. The molecular weight excluding hydrogens is 534 g/mol. The number of nitrogen functional groups attached to an aromatic ring is 1. The minimum Gasteiger partial charge on any atom is -0.492 e. The average molecular weight is 566 g/mol. The number of anilines is 1. The van der Waals surface area contributed by atoms with Gasteiger partial charge >= 0.3 is 18.0 Å². The van der Waals surface area contributed by atoms with Crippen LogP contribution in [0.25, 0.3) is 11.5 Å². The van der Waals surface area contributed by atoms with Gasteiger partial charge in [0.1, 0.15) is 5.75 Å². The third-order valence-corrected chi connectivity index (χ3v) is 7.52. The molecule has 2 fully saturated rings. The SMILES string of the molecule is CCOC(=O)N1CCC(N2CCC(c3nnc(-c4cc(Cl)c(N)c5c4OCC5)o3)CC2)CC1.O=C(O)C(=O)O. The topological polar surface area (TPSA) is 182 Å². The van der Waals surface area contributed by atoms with E-state index in [9.17, 15) is 4.79 Å². The van der Waals surface area contributed by atoms with Gasteiger partial charge in [-0.1, -0.05) is 11.6 Å². The molecule has 3 aliphatic rings. The van der Waals surface area contributed by atoms with Gasteiger partial charge < -0.3 is 39.6 Å². The highest BCUT2D eigenvalue weighted by Crippen LogP contribution is 2.43. The number of carbonyl (C=O) groups is 3. The fourth-order valence-electron chi connectivity index (χ4n) is 5.17. The van der Waals surface area contributed by atoms with Gasteiger partial charge in [0, 0.05) is 37.0 Å². The van der Waals surface area contributed by atoms with Crippen LogP contribution in [0, 0.1) is 0 Å². The molecule has 0 spiro atoms. The highest BCUT2D eigenvalue weighted by atomic mass is 35.5. The maximum absolute atomic E-state index is 11.9. The number of carboxylic acids is 2. The molecule has 39 heavy (non-hydrogen) atoms. The lowest BCUT2D eigenvalue weighted by atomic mass is 9.93. The summed E-state index contributed by atoms with van der Waals surface area (Å²) in [7, 11) is 0. The van der Waals surface area contributed by atoms with E-state index in [4.69, 9.17) is 51.0 Å². The molecular formula is C25H32ClN5O8. The molecule has 212 valence electrons. The molecule has 1 aromatic heterocycles. The first kappa shape index (κ1) is 28.4. The van der Waals surface area contributed by atoms with Gasteiger partial charge in [-0.15, -0.1) is 10.2 Å². The quantitative estimate of drug-likeness (QED) is 0.364. The summed E-state index contributed by atoms with van der Waals surface area (Å²) in [6, 6.07) is 2.26. The fourth-order valence-corrected chi connectivity index (χ4v) is 5.40. The number of carboxylic acid groups (broad SMARTS) is 2. The number of piperidine rings is 2. The summed E-state index contributed by atoms with van der Waals surface area (Å²) in [6.45, 7) is 6.32. The van der Waals surface area contributed by atoms with E-state index >= 15 is 0 Å². The molecule has 13 nitrogen and oxygen atoms in total. The van der Waals surface area contributed by atoms with Crippen LogP contribution in [0.4, 0.5) is 10.5 Å². The van der Waals surface area contributed by atoms with Crippen molar-refractivity contribution in [3.8, 4) is 17.2 Å². The molecule has 0 unspecified atom stereocenters. The van der Waals surface area contributed by atoms with Crippen molar-refractivity contribution in [1.82, 2.24) is 20.0 Å². The maximum atomic E-state index is 11.9. The normalized spacial score (nSPS) is 18.1. The second-order valence-electron chi connectivity index (χ2n) is 9.51. The summed E-state index contributed by atoms with van der Waals surface area (Å²) in [4.78, 5) is 34.5. The van der Waals surface area contributed by atoms with Crippen molar-refractivity contribution in [2.24, 2.45) is 0 Å². The van der Waals surface area contributed by atoms with Crippen LogP contribution in [0.2, 0.25) is 5.02 Å². The van der Waals surface area contributed by atoms with Crippen LogP contribution in [0.1, 0.15) is 50.0 Å². The number of ether oxygens (including phenoxy) is 2. The van der Waals surface area contributed by atoms with Crippen molar-refractivity contribution < 1.29 is 38.5 Å². The molecule has 4 N–H and O–H groups in total. The van der Waals surface area contributed by atoms with Crippen molar-refractivity contribution in [3.63, 3.8) is 0 Å². The first-order chi connectivity index (χ1) is 18.7. The molecule has 0 radical (unpaired) electrons. The van der Waals surface area contributed by atoms with Crippen LogP contribution in [-0.2, 0) is 20.7 Å². The van der Waals surface area contributed by atoms with Crippen molar-refractivity contribution in [3.05, 3.63) is 22.5 Å². The third-order valence-electron chi connectivity index (χ3n) is 7.21. The molecule has 3 aliphatic heterocycles. The van der Waals surface area contributed by atoms with Crippen LogP contribution < -0.4 is 10.5 Å². The van der Waals surface area contributed by atoms with Gasteiger partial charge in [-0.25, -0.2) is 14.4 Å². The molecule has 2 aromatic rings. The van der Waals surface area contributed by atoms with E-state index in [1.54, 1.807) is 6.07 Å². The van der Waals surface area contributed by atoms with Gasteiger partial charge in [-0.3, -0.25) is 0 Å². The number of carbonyl (C=O) groups excluding carboxylic acids is 1. The Morgan fingerprint density at radius 2 is 1.77 bits per heavy atom. The number of aromatic nitrogens is 2. The second kappa shape index (κ2) is 12.5. The Labute approximate surface area is 229 Å². The van der Waals surface area contributed by atoms with E-state index in [1.165, 1.54) is 0 Å². The van der Waals surface area contributed by atoms with Crippen LogP contribution in [0.5, 0.6) is 5.75 Å². The highest BCUT2D eigenvalue weighted by molar-refractivity contribution is 6.33. The average Bonchev–Trinajstić information content (AvgIpc) is 3.62. The summed E-state index contributed by atoms with van der Waals surface area (Å²) in [5.74, 6) is -1.61. The number of nitrogens with two attached hydrogens (primary N) is 1. The lowest BCUT2D eigenvalue weighted by Gasteiger charge is -2.41. The third kappa shape index (κ3) is 6.53. The van der Waals surface area contributed by atoms with Crippen LogP contribution in [0.15, 0.2) is 10.5 Å². The molecule has 5 rings (SSSR count). The Bertz CT molecular complexity index is 1190. The number of rotatable bonds is 4. The number of hydrogen-bond acceptors (Lipinski definition) is 10. The zero-order valence-electron chi connectivity index (χ0n) is 21.6. The molecule has 0 atom stereocenters. The van der Waals surface area contributed by atoms with E-state index < -0.39 is 11.9 Å². The van der Waals surface area contributed by atoms with Crippen molar-refractivity contribution in [2.45, 2.75) is 51.0 Å². The Balaban J connectivity index is 0.000000531. The summed E-state index contributed by atoms with van der Waals surface area (Å²) in [5, 5.41) is 23.9. The molecule has 14 heteroatoms. The van der Waals surface area contributed by atoms with Gasteiger partial charge in [0.05, 0.1) is 29.5 Å². The zero-order chi connectivity index (χ0) is 28.1. The number of aliphatic carboxylic acids is 2. The molecule has 0 aliphatic carbocycles. The standard InChI is InChI=1S/C23H30ClN5O4.C2H2O4/c1-2-31-23(30)29-10-5-15(6-11-29)28-8-3-14(4-9-28)21-26-27-22(33-21)17-13-18(24)19(25)16-7-12-32-20(16)17;3-1(4)2(5)6/h13-15H,2-12,25H2,1H3;(H,3,4)(H,5,6). The Kier molecular flexibility index (Phi) is 9.12. The van der Waals surface area contributed by atoms with Gasteiger partial charge in [0.15, 0.2) is 0 Å². The van der Waals surface area contributed by atoms with E-state index in [2.05, 4.69) is 15.1 Å². The largest absolute Gasteiger partial charge is 0.492 e.